The summed E-state index contributed by atoms with van der Waals surface area (Å²) in [5.74, 6) is 0.753. The topological polar surface area (TPSA) is 106 Å². The lowest BCUT2D eigenvalue weighted by molar-refractivity contribution is -0.268. The number of amides is 2. The molecule has 0 radical (unpaired) electrons. The SMILES string of the molecule is Cc1nnc(SC[C@@H]2O[C@H](c3cccc(NC(=O)NCc4ccccc4)c3)O[C@H](c3ccc(CO)cc3)[C@@H]2C)s1. The molecule has 0 bridgehead atoms. The Bertz CT molecular complexity index is 1400. The average Bonchev–Trinajstić information content (AvgIpc) is 3.41. The van der Waals surface area contributed by atoms with E-state index in [1.165, 1.54) is 0 Å². The number of rotatable bonds is 9. The molecule has 0 saturated carbocycles. The van der Waals surface area contributed by atoms with Gasteiger partial charge >= 0.3 is 6.03 Å². The third-order valence-electron chi connectivity index (χ3n) is 6.71. The minimum Gasteiger partial charge on any atom is -0.392 e. The fraction of sp³-hybridized carbons (Fsp3) is 0.300. The molecule has 40 heavy (non-hydrogen) atoms. The summed E-state index contributed by atoms with van der Waals surface area (Å²) in [5.41, 5.74) is 4.35. The van der Waals surface area contributed by atoms with Crippen molar-refractivity contribution in [2.75, 3.05) is 11.1 Å². The standard InChI is InChI=1S/C30H32N4O4S2/c1-19-26(18-39-30-34-33-20(2)40-30)37-28(38-27(19)23-13-11-22(17-35)12-14-23)24-9-6-10-25(15-24)32-29(36)31-16-21-7-4-3-5-8-21/h3-15,19,26-28,35H,16-18H2,1-2H3,(H2,31,32,36)/t19-,26+,27+,28+/m1/s1. The molecule has 1 aliphatic rings. The van der Waals surface area contributed by atoms with Crippen LogP contribution in [-0.2, 0) is 22.6 Å². The minimum absolute atomic E-state index is 0.00760. The van der Waals surface area contributed by atoms with Gasteiger partial charge in [0.1, 0.15) is 5.01 Å². The van der Waals surface area contributed by atoms with Crippen LogP contribution in [0.4, 0.5) is 10.5 Å². The Morgan fingerprint density at radius 3 is 2.50 bits per heavy atom. The van der Waals surface area contributed by atoms with Gasteiger partial charge in [0.05, 0.1) is 18.8 Å². The number of aliphatic hydroxyl groups is 1. The van der Waals surface area contributed by atoms with Gasteiger partial charge in [-0.05, 0) is 35.7 Å². The predicted octanol–water partition coefficient (Wildman–Crippen LogP) is 6.24. The molecule has 0 aliphatic carbocycles. The number of nitrogens with zero attached hydrogens (tertiary/aromatic N) is 2. The van der Waals surface area contributed by atoms with E-state index in [1.54, 1.807) is 23.1 Å². The van der Waals surface area contributed by atoms with Crippen molar-refractivity contribution in [1.82, 2.24) is 15.5 Å². The molecule has 1 saturated heterocycles. The molecule has 1 aromatic heterocycles. The first kappa shape index (κ1) is 28.3. The number of benzene rings is 3. The minimum atomic E-state index is -0.630. The Morgan fingerprint density at radius 1 is 0.975 bits per heavy atom. The van der Waals surface area contributed by atoms with Gasteiger partial charge in [0.15, 0.2) is 10.6 Å². The number of nitrogens with one attached hydrogen (secondary N) is 2. The lowest BCUT2D eigenvalue weighted by Crippen LogP contribution is -2.38. The van der Waals surface area contributed by atoms with Crippen molar-refractivity contribution in [2.45, 2.75) is 49.8 Å². The van der Waals surface area contributed by atoms with E-state index in [0.717, 1.165) is 31.6 Å². The van der Waals surface area contributed by atoms with E-state index in [9.17, 15) is 9.90 Å². The van der Waals surface area contributed by atoms with E-state index in [-0.39, 0.29) is 30.8 Å². The van der Waals surface area contributed by atoms with E-state index in [4.69, 9.17) is 9.47 Å². The number of aromatic nitrogens is 2. The van der Waals surface area contributed by atoms with Gasteiger partial charge in [0, 0.05) is 29.5 Å². The van der Waals surface area contributed by atoms with Crippen molar-refractivity contribution < 1.29 is 19.4 Å². The second-order valence-electron chi connectivity index (χ2n) is 9.64. The summed E-state index contributed by atoms with van der Waals surface area (Å²) in [6.45, 7) is 4.50. The van der Waals surface area contributed by atoms with E-state index in [0.29, 0.717) is 18.0 Å². The van der Waals surface area contributed by atoms with Gasteiger partial charge in [0.2, 0.25) is 0 Å². The lowest BCUT2D eigenvalue weighted by Gasteiger charge is -2.41. The summed E-state index contributed by atoms with van der Waals surface area (Å²) < 4.78 is 14.0. The highest BCUT2D eigenvalue weighted by atomic mass is 32.2. The summed E-state index contributed by atoms with van der Waals surface area (Å²) in [5, 5.41) is 24.6. The van der Waals surface area contributed by atoms with Crippen molar-refractivity contribution >= 4 is 34.8 Å². The summed E-state index contributed by atoms with van der Waals surface area (Å²) in [6, 6.07) is 24.9. The van der Waals surface area contributed by atoms with Gasteiger partial charge in [-0.15, -0.1) is 10.2 Å². The van der Waals surface area contributed by atoms with Crippen LogP contribution in [0.2, 0.25) is 0 Å². The Kier molecular flexibility index (Phi) is 9.45. The Labute approximate surface area is 242 Å². The largest absolute Gasteiger partial charge is 0.392 e. The zero-order valence-corrected chi connectivity index (χ0v) is 24.0. The molecule has 5 rings (SSSR count). The van der Waals surface area contributed by atoms with Crippen molar-refractivity contribution in [3.8, 4) is 0 Å². The van der Waals surface area contributed by atoms with Gasteiger partial charge in [-0.1, -0.05) is 96.8 Å². The zero-order chi connectivity index (χ0) is 27.9. The molecule has 2 amide bonds. The van der Waals surface area contributed by atoms with Gasteiger partial charge in [-0.25, -0.2) is 4.79 Å². The van der Waals surface area contributed by atoms with E-state index < -0.39 is 6.29 Å². The van der Waals surface area contributed by atoms with Crippen LogP contribution in [0.15, 0.2) is 83.2 Å². The van der Waals surface area contributed by atoms with Crippen LogP contribution in [0.25, 0.3) is 0 Å². The number of carbonyl (C=O) groups excluding carboxylic acids is 1. The van der Waals surface area contributed by atoms with Crippen LogP contribution in [0.5, 0.6) is 0 Å². The van der Waals surface area contributed by atoms with Crippen molar-refractivity contribution in [3.63, 3.8) is 0 Å². The first-order valence-electron chi connectivity index (χ1n) is 13.1. The second-order valence-corrected chi connectivity index (χ2v) is 12.1. The van der Waals surface area contributed by atoms with Gasteiger partial charge in [-0.3, -0.25) is 0 Å². The maximum Gasteiger partial charge on any atom is 0.319 e. The number of aliphatic hydroxyl groups excluding tert-OH is 1. The van der Waals surface area contributed by atoms with Crippen molar-refractivity contribution in [2.24, 2.45) is 5.92 Å². The molecule has 8 nitrogen and oxygen atoms in total. The molecular formula is C30H32N4O4S2. The Balaban J connectivity index is 1.31. The van der Waals surface area contributed by atoms with Gasteiger partial charge in [-0.2, -0.15) is 0 Å². The summed E-state index contributed by atoms with van der Waals surface area (Å²) in [4.78, 5) is 12.6. The maximum absolute atomic E-state index is 12.6. The molecule has 3 N–H and O–H groups in total. The van der Waals surface area contributed by atoms with E-state index in [1.807, 2.05) is 85.8 Å². The van der Waals surface area contributed by atoms with Crippen molar-refractivity contribution in [3.05, 3.63) is 106 Å². The second kappa shape index (κ2) is 13.4. The van der Waals surface area contributed by atoms with Crippen LogP contribution >= 0.6 is 23.1 Å². The Morgan fingerprint density at radius 2 is 1.77 bits per heavy atom. The molecule has 3 aromatic carbocycles. The first-order chi connectivity index (χ1) is 19.5. The normalized spacial score (nSPS) is 20.7. The highest BCUT2D eigenvalue weighted by Crippen LogP contribution is 2.43. The molecule has 10 heteroatoms. The smallest absolute Gasteiger partial charge is 0.319 e. The molecule has 0 unspecified atom stereocenters. The molecule has 1 fully saturated rings. The fourth-order valence-electron chi connectivity index (χ4n) is 4.52. The molecule has 4 aromatic rings. The lowest BCUT2D eigenvalue weighted by atomic mass is 9.91. The quantitative estimate of drug-likeness (QED) is 0.202. The summed E-state index contributed by atoms with van der Waals surface area (Å²) in [7, 11) is 0. The monoisotopic (exact) mass is 576 g/mol. The number of hydrogen-bond acceptors (Lipinski definition) is 8. The number of ether oxygens (including phenoxy) is 2. The van der Waals surface area contributed by atoms with Crippen LogP contribution in [0.1, 0.15) is 46.6 Å². The van der Waals surface area contributed by atoms with E-state index >= 15 is 0 Å². The zero-order valence-electron chi connectivity index (χ0n) is 22.3. The number of thioether (sulfide) groups is 1. The molecular weight excluding hydrogens is 544 g/mol. The number of anilines is 1. The predicted molar refractivity (Wildman–Crippen MR) is 157 cm³/mol. The van der Waals surface area contributed by atoms with E-state index in [2.05, 4.69) is 27.8 Å². The summed E-state index contributed by atoms with van der Waals surface area (Å²) >= 11 is 3.20. The molecule has 208 valence electrons. The third-order valence-corrected chi connectivity index (χ3v) is 8.78. The molecule has 1 aliphatic heterocycles. The third kappa shape index (κ3) is 7.26. The number of carbonyl (C=O) groups is 1. The van der Waals surface area contributed by atoms with Crippen LogP contribution < -0.4 is 10.6 Å². The van der Waals surface area contributed by atoms with Crippen LogP contribution in [0.3, 0.4) is 0 Å². The maximum atomic E-state index is 12.6. The molecule has 4 atom stereocenters. The number of aryl methyl sites for hydroxylation is 1. The fourth-order valence-corrected chi connectivity index (χ4v) is 6.52. The van der Waals surface area contributed by atoms with Crippen molar-refractivity contribution in [1.29, 1.82) is 0 Å². The van der Waals surface area contributed by atoms with Crippen LogP contribution in [0, 0.1) is 12.8 Å². The van der Waals surface area contributed by atoms with Gasteiger partial charge in [0.25, 0.3) is 0 Å². The molecule has 2 heterocycles. The van der Waals surface area contributed by atoms with Gasteiger partial charge < -0.3 is 25.2 Å². The first-order valence-corrected chi connectivity index (χ1v) is 14.9. The number of hydrogen-bond donors (Lipinski definition) is 3. The average molecular weight is 577 g/mol. The highest BCUT2D eigenvalue weighted by molar-refractivity contribution is 8.01. The van der Waals surface area contributed by atoms with Crippen LogP contribution in [-0.4, -0.2) is 33.2 Å². The Hall–Kier alpha value is -3.28. The summed E-state index contributed by atoms with van der Waals surface area (Å²) in [6.07, 6.45) is -0.977. The highest BCUT2D eigenvalue weighted by Gasteiger charge is 2.38. The molecule has 0 spiro atoms. The number of urea groups is 1.